The normalized spacial score (nSPS) is 12.1. The fourth-order valence-corrected chi connectivity index (χ4v) is 2.55. The number of carboxylic acids is 1. The number of alkyl halides is 6. The lowest BCUT2D eigenvalue weighted by atomic mass is 10.0. The van der Waals surface area contributed by atoms with E-state index in [2.05, 4.69) is 20.0 Å². The number of aromatic hydroxyl groups is 1. The van der Waals surface area contributed by atoms with E-state index in [-0.39, 0.29) is 22.7 Å². The highest BCUT2D eigenvalue weighted by Crippen LogP contribution is 2.30. The van der Waals surface area contributed by atoms with E-state index in [4.69, 9.17) is 9.90 Å². The molecule has 2 aromatic heterocycles. The molecule has 0 aliphatic heterocycles. The molecular weight excluding hydrogens is 526 g/mol. The SMILES string of the molecule is O=C(N[C@@H](c1ccc(OC(F)(F)F)c(F)c1)c1ncccc1F)c1ccc(O)cn1.O=C(O)C(F)(F)F. The van der Waals surface area contributed by atoms with Crippen molar-refractivity contribution in [1.82, 2.24) is 15.3 Å². The standard InChI is InChI=1S/C19H12F5N3O3.C2HF3O2/c20-12-2-1-7-25-17(12)16(27-18(29)14-5-4-11(28)9-26-14)10-3-6-15(13(21)8-10)30-19(22,23)24;3-2(4,5)1(6)7/h1-9,16,28H,(H,27,29);(H,6,7)/t16-;/m0./s1. The van der Waals surface area contributed by atoms with Gasteiger partial charge in [-0.2, -0.15) is 13.2 Å². The number of carboxylic acid groups (broad SMARTS) is 1. The van der Waals surface area contributed by atoms with Gasteiger partial charge in [0.25, 0.3) is 5.91 Å². The molecule has 3 aromatic rings. The van der Waals surface area contributed by atoms with Crippen molar-refractivity contribution in [1.29, 1.82) is 0 Å². The Morgan fingerprint density at radius 3 is 2.08 bits per heavy atom. The predicted octanol–water partition coefficient (Wildman–Crippen LogP) is 4.51. The van der Waals surface area contributed by atoms with E-state index in [0.717, 1.165) is 18.3 Å². The number of carbonyl (C=O) groups excluding carboxylic acids is 1. The van der Waals surface area contributed by atoms with E-state index in [1.807, 2.05) is 0 Å². The number of benzene rings is 1. The lowest BCUT2D eigenvalue weighted by Crippen LogP contribution is -2.31. The Hall–Kier alpha value is -4.50. The van der Waals surface area contributed by atoms with Crippen LogP contribution in [0.3, 0.4) is 0 Å². The number of hydrogen-bond donors (Lipinski definition) is 3. The number of amides is 1. The van der Waals surface area contributed by atoms with Crippen molar-refractivity contribution in [2.45, 2.75) is 18.6 Å². The summed E-state index contributed by atoms with van der Waals surface area (Å²) in [5, 5.41) is 18.8. The van der Waals surface area contributed by atoms with Crippen LogP contribution in [-0.2, 0) is 4.79 Å². The first kappa shape index (κ1) is 28.7. The molecule has 1 atom stereocenters. The average Bonchev–Trinajstić information content (AvgIpc) is 2.79. The molecule has 0 unspecified atom stereocenters. The molecule has 1 amide bonds. The molecule has 0 aliphatic carbocycles. The number of ether oxygens (including phenoxy) is 1. The molecule has 0 aliphatic rings. The largest absolute Gasteiger partial charge is 0.573 e. The topological polar surface area (TPSA) is 122 Å². The maximum Gasteiger partial charge on any atom is 0.573 e. The summed E-state index contributed by atoms with van der Waals surface area (Å²) in [6.07, 6.45) is -7.95. The van der Waals surface area contributed by atoms with Crippen LogP contribution in [0.4, 0.5) is 35.1 Å². The third kappa shape index (κ3) is 8.59. The quantitative estimate of drug-likeness (QED) is 0.408. The second kappa shape index (κ2) is 11.5. The van der Waals surface area contributed by atoms with Crippen molar-refractivity contribution in [3.8, 4) is 11.5 Å². The fourth-order valence-electron chi connectivity index (χ4n) is 2.55. The number of carbonyl (C=O) groups is 2. The predicted molar refractivity (Wildman–Crippen MR) is 106 cm³/mol. The fraction of sp³-hybridized carbons (Fsp3) is 0.143. The molecule has 3 rings (SSSR count). The summed E-state index contributed by atoms with van der Waals surface area (Å²) in [6.45, 7) is 0. The molecule has 8 nitrogen and oxygen atoms in total. The minimum atomic E-state index is -5.10. The Kier molecular flexibility index (Phi) is 8.92. The Bertz CT molecular complexity index is 1250. The van der Waals surface area contributed by atoms with E-state index in [1.165, 1.54) is 24.4 Å². The number of halogens is 8. The van der Waals surface area contributed by atoms with Crippen molar-refractivity contribution in [3.05, 3.63) is 83.4 Å². The summed E-state index contributed by atoms with van der Waals surface area (Å²) in [6, 6.07) is 5.79. The maximum absolute atomic E-state index is 14.3. The Labute approximate surface area is 201 Å². The van der Waals surface area contributed by atoms with Crippen molar-refractivity contribution in [2.24, 2.45) is 0 Å². The second-order valence-electron chi connectivity index (χ2n) is 6.72. The molecule has 1 aromatic carbocycles. The summed E-state index contributed by atoms with van der Waals surface area (Å²) in [5.41, 5.74) is -0.535. The first-order valence-electron chi connectivity index (χ1n) is 9.50. The highest BCUT2D eigenvalue weighted by Gasteiger charge is 2.38. The maximum atomic E-state index is 14.3. The zero-order valence-electron chi connectivity index (χ0n) is 17.8. The van der Waals surface area contributed by atoms with Crippen LogP contribution in [-0.4, -0.2) is 44.6 Å². The second-order valence-corrected chi connectivity index (χ2v) is 6.72. The van der Waals surface area contributed by atoms with Gasteiger partial charge in [-0.25, -0.2) is 18.6 Å². The monoisotopic (exact) mass is 539 g/mol. The van der Waals surface area contributed by atoms with Crippen molar-refractivity contribution in [3.63, 3.8) is 0 Å². The highest BCUT2D eigenvalue weighted by atomic mass is 19.4. The van der Waals surface area contributed by atoms with Crippen LogP contribution in [0.25, 0.3) is 0 Å². The number of pyridine rings is 2. The number of aliphatic carboxylic acids is 1. The van der Waals surface area contributed by atoms with Crippen molar-refractivity contribution in [2.75, 3.05) is 0 Å². The zero-order chi connectivity index (χ0) is 28.0. The minimum absolute atomic E-state index is 0.0910. The third-order valence-electron chi connectivity index (χ3n) is 4.07. The van der Waals surface area contributed by atoms with Gasteiger partial charge < -0.3 is 20.3 Å². The van der Waals surface area contributed by atoms with Gasteiger partial charge in [0.1, 0.15) is 23.0 Å². The summed E-state index contributed by atoms with van der Waals surface area (Å²) in [5.74, 6) is -7.06. The van der Waals surface area contributed by atoms with Crippen molar-refractivity contribution >= 4 is 11.9 Å². The summed E-state index contributed by atoms with van der Waals surface area (Å²) in [4.78, 5) is 28.9. The molecular formula is C21H13F8N3O5. The molecule has 16 heteroatoms. The van der Waals surface area contributed by atoms with Gasteiger partial charge in [0.15, 0.2) is 11.6 Å². The molecule has 0 saturated heterocycles. The lowest BCUT2D eigenvalue weighted by molar-refractivity contribution is -0.275. The van der Waals surface area contributed by atoms with E-state index in [1.54, 1.807) is 0 Å². The minimum Gasteiger partial charge on any atom is -0.506 e. The van der Waals surface area contributed by atoms with E-state index in [0.29, 0.717) is 12.1 Å². The van der Waals surface area contributed by atoms with Gasteiger partial charge >= 0.3 is 18.5 Å². The number of nitrogens with one attached hydrogen (secondary N) is 1. The van der Waals surface area contributed by atoms with Crippen LogP contribution in [0, 0.1) is 11.6 Å². The van der Waals surface area contributed by atoms with E-state index >= 15 is 0 Å². The molecule has 3 N–H and O–H groups in total. The van der Waals surface area contributed by atoms with Crippen LogP contribution < -0.4 is 10.1 Å². The molecule has 0 spiro atoms. The van der Waals surface area contributed by atoms with Crippen LogP contribution >= 0.6 is 0 Å². The molecule has 0 fully saturated rings. The first-order chi connectivity index (χ1) is 17.1. The first-order valence-corrected chi connectivity index (χ1v) is 9.50. The smallest absolute Gasteiger partial charge is 0.506 e. The summed E-state index contributed by atoms with van der Waals surface area (Å²) < 4.78 is 101. The Balaban J connectivity index is 0.000000604. The number of nitrogens with zero attached hydrogens (tertiary/aromatic N) is 2. The number of aromatic nitrogens is 2. The summed E-state index contributed by atoms with van der Waals surface area (Å²) in [7, 11) is 0. The molecule has 0 bridgehead atoms. The summed E-state index contributed by atoms with van der Waals surface area (Å²) >= 11 is 0. The molecule has 0 radical (unpaired) electrons. The number of hydrogen-bond acceptors (Lipinski definition) is 6. The Morgan fingerprint density at radius 1 is 0.946 bits per heavy atom. The van der Waals surface area contributed by atoms with Gasteiger partial charge in [-0.1, -0.05) is 6.07 Å². The zero-order valence-corrected chi connectivity index (χ0v) is 17.8. The van der Waals surface area contributed by atoms with Gasteiger partial charge in [0.2, 0.25) is 0 Å². The van der Waals surface area contributed by atoms with Crippen LogP contribution in [0.15, 0.2) is 54.9 Å². The van der Waals surface area contributed by atoms with Crippen LogP contribution in [0.1, 0.15) is 27.8 Å². The molecule has 0 saturated carbocycles. The average molecular weight is 539 g/mol. The van der Waals surface area contributed by atoms with Gasteiger partial charge in [-0.15, -0.1) is 13.2 Å². The Morgan fingerprint density at radius 2 is 1.59 bits per heavy atom. The van der Waals surface area contributed by atoms with E-state index in [9.17, 15) is 45.0 Å². The van der Waals surface area contributed by atoms with Crippen molar-refractivity contribution < 1.29 is 59.7 Å². The van der Waals surface area contributed by atoms with E-state index < -0.39 is 47.8 Å². The molecule has 37 heavy (non-hydrogen) atoms. The van der Waals surface area contributed by atoms with Crippen LogP contribution in [0.2, 0.25) is 0 Å². The van der Waals surface area contributed by atoms with Crippen LogP contribution in [0.5, 0.6) is 11.5 Å². The molecule has 2 heterocycles. The van der Waals surface area contributed by atoms with Gasteiger partial charge in [0, 0.05) is 6.20 Å². The van der Waals surface area contributed by atoms with Gasteiger partial charge in [0.05, 0.1) is 12.2 Å². The molecule has 198 valence electrons. The third-order valence-corrected chi connectivity index (χ3v) is 4.07. The highest BCUT2D eigenvalue weighted by molar-refractivity contribution is 5.92. The number of rotatable bonds is 5. The van der Waals surface area contributed by atoms with Gasteiger partial charge in [-0.05, 0) is 42.0 Å². The lowest BCUT2D eigenvalue weighted by Gasteiger charge is -2.20. The van der Waals surface area contributed by atoms with Gasteiger partial charge in [-0.3, -0.25) is 9.78 Å².